The highest BCUT2D eigenvalue weighted by molar-refractivity contribution is 7.92. The molecule has 0 aromatic heterocycles. The molecule has 0 radical (unpaired) electrons. The van der Waals surface area contributed by atoms with Gasteiger partial charge < -0.3 is 5.32 Å². The summed E-state index contributed by atoms with van der Waals surface area (Å²) in [7, 11) is -3.33. The molecule has 0 aliphatic carbocycles. The maximum Gasteiger partial charge on any atom is 0.251 e. The van der Waals surface area contributed by atoms with Crippen molar-refractivity contribution < 1.29 is 13.2 Å². The van der Waals surface area contributed by atoms with Gasteiger partial charge in [0.25, 0.3) is 5.91 Å². The quantitative estimate of drug-likeness (QED) is 0.617. The topological polar surface area (TPSA) is 66.5 Å². The number of benzene rings is 3. The van der Waals surface area contributed by atoms with Crippen molar-refractivity contribution in [2.24, 2.45) is 0 Å². The number of sulfonamides is 1. The second-order valence-corrected chi connectivity index (χ2v) is 10.4. The summed E-state index contributed by atoms with van der Waals surface area (Å²) >= 11 is 0. The van der Waals surface area contributed by atoms with Crippen LogP contribution >= 0.6 is 0 Å². The summed E-state index contributed by atoms with van der Waals surface area (Å²) in [6.07, 6.45) is 2.72. The molecule has 5 nitrogen and oxygen atoms in total. The Morgan fingerprint density at radius 2 is 1.56 bits per heavy atom. The lowest BCUT2D eigenvalue weighted by molar-refractivity contribution is 0.0947. The van der Waals surface area contributed by atoms with Gasteiger partial charge in [0, 0.05) is 24.1 Å². The number of nitrogens with zero attached hydrogens (tertiary/aromatic N) is 1. The molecular weight excluding hydrogens is 420 g/mol. The number of rotatable bonds is 6. The SMILES string of the molecule is CC(CNC(=O)c1ccc2c(c1)CCCN2S(C)(=O)=O)(c1ccccc1)c1ccccc1. The molecule has 1 heterocycles. The van der Waals surface area contributed by atoms with Crippen molar-refractivity contribution in [1.82, 2.24) is 5.32 Å². The molecule has 3 aromatic rings. The minimum absolute atomic E-state index is 0.164. The van der Waals surface area contributed by atoms with Crippen LogP contribution in [0.4, 0.5) is 5.69 Å². The minimum atomic E-state index is -3.33. The highest BCUT2D eigenvalue weighted by Crippen LogP contribution is 2.32. The molecule has 1 amide bonds. The molecule has 0 bridgehead atoms. The van der Waals surface area contributed by atoms with Crippen LogP contribution in [0, 0.1) is 0 Å². The van der Waals surface area contributed by atoms with E-state index in [2.05, 4.69) is 36.5 Å². The minimum Gasteiger partial charge on any atom is -0.351 e. The van der Waals surface area contributed by atoms with Crippen LogP contribution in [0.5, 0.6) is 0 Å². The highest BCUT2D eigenvalue weighted by Gasteiger charge is 2.30. The monoisotopic (exact) mass is 448 g/mol. The third-order valence-corrected chi connectivity index (χ3v) is 7.42. The Morgan fingerprint density at radius 3 is 2.12 bits per heavy atom. The molecule has 4 rings (SSSR count). The Kier molecular flexibility index (Phi) is 6.07. The van der Waals surface area contributed by atoms with Gasteiger partial charge >= 0.3 is 0 Å². The second kappa shape index (κ2) is 8.79. The van der Waals surface area contributed by atoms with Gasteiger partial charge in [-0.1, -0.05) is 60.7 Å². The van der Waals surface area contributed by atoms with Crippen molar-refractivity contribution in [3.8, 4) is 0 Å². The van der Waals surface area contributed by atoms with Crippen molar-refractivity contribution in [2.75, 3.05) is 23.7 Å². The van der Waals surface area contributed by atoms with Gasteiger partial charge in [0.15, 0.2) is 0 Å². The molecule has 1 aliphatic heterocycles. The smallest absolute Gasteiger partial charge is 0.251 e. The third kappa shape index (κ3) is 4.41. The molecule has 0 atom stereocenters. The molecule has 0 saturated carbocycles. The Labute approximate surface area is 190 Å². The molecule has 0 spiro atoms. The lowest BCUT2D eigenvalue weighted by Crippen LogP contribution is -2.39. The number of amides is 1. The van der Waals surface area contributed by atoms with E-state index in [0.717, 1.165) is 29.5 Å². The largest absolute Gasteiger partial charge is 0.351 e. The normalized spacial score (nSPS) is 14.0. The van der Waals surface area contributed by atoms with Crippen LogP contribution in [0.25, 0.3) is 0 Å². The third-order valence-electron chi connectivity index (χ3n) is 6.24. The zero-order valence-corrected chi connectivity index (χ0v) is 19.2. The summed E-state index contributed by atoms with van der Waals surface area (Å²) in [5.41, 5.74) is 3.97. The number of hydrogen-bond acceptors (Lipinski definition) is 3. The van der Waals surface area contributed by atoms with Crippen LogP contribution in [0.1, 0.15) is 40.4 Å². The Morgan fingerprint density at radius 1 is 0.969 bits per heavy atom. The molecule has 0 unspecified atom stereocenters. The first-order valence-electron chi connectivity index (χ1n) is 10.8. The predicted octanol–water partition coefficient (Wildman–Crippen LogP) is 4.13. The van der Waals surface area contributed by atoms with E-state index in [9.17, 15) is 13.2 Å². The van der Waals surface area contributed by atoms with Crippen LogP contribution in [0.3, 0.4) is 0 Å². The van der Waals surface area contributed by atoms with Gasteiger partial charge in [-0.3, -0.25) is 9.10 Å². The van der Waals surface area contributed by atoms with Gasteiger partial charge in [-0.2, -0.15) is 0 Å². The van der Waals surface area contributed by atoms with E-state index in [0.29, 0.717) is 24.3 Å². The molecule has 1 N–H and O–H groups in total. The summed E-state index contributed by atoms with van der Waals surface area (Å²) in [5.74, 6) is -0.164. The van der Waals surface area contributed by atoms with Gasteiger partial charge in [0.2, 0.25) is 10.0 Å². The van der Waals surface area contributed by atoms with Gasteiger partial charge in [0.1, 0.15) is 0 Å². The standard InChI is InChI=1S/C26H28N2O3S/c1-26(22-11-5-3-6-12-22,23-13-7-4-8-14-23)19-27-25(29)21-15-16-24-20(18-21)10-9-17-28(24)32(2,30)31/h3-8,11-16,18H,9-10,17,19H2,1-2H3,(H,27,29). The van der Waals surface area contributed by atoms with Crippen molar-refractivity contribution in [3.63, 3.8) is 0 Å². The first kappa shape index (κ1) is 22.1. The van der Waals surface area contributed by atoms with Gasteiger partial charge in [-0.15, -0.1) is 0 Å². The van der Waals surface area contributed by atoms with Gasteiger partial charge in [0.05, 0.1) is 11.9 Å². The lowest BCUT2D eigenvalue weighted by atomic mass is 9.76. The number of fused-ring (bicyclic) bond motifs is 1. The van der Waals surface area contributed by atoms with E-state index < -0.39 is 10.0 Å². The van der Waals surface area contributed by atoms with E-state index >= 15 is 0 Å². The van der Waals surface area contributed by atoms with E-state index in [-0.39, 0.29) is 11.3 Å². The van der Waals surface area contributed by atoms with Crippen molar-refractivity contribution in [3.05, 3.63) is 101 Å². The summed E-state index contributed by atoms with van der Waals surface area (Å²) < 4.78 is 25.6. The highest BCUT2D eigenvalue weighted by atomic mass is 32.2. The fourth-order valence-corrected chi connectivity index (χ4v) is 5.39. The van der Waals surface area contributed by atoms with E-state index in [1.54, 1.807) is 12.1 Å². The fourth-order valence-electron chi connectivity index (χ4n) is 4.39. The van der Waals surface area contributed by atoms with Gasteiger partial charge in [-0.25, -0.2) is 8.42 Å². The van der Waals surface area contributed by atoms with Crippen molar-refractivity contribution in [1.29, 1.82) is 0 Å². The molecule has 0 fully saturated rings. The van der Waals surface area contributed by atoms with Crippen LogP contribution in [-0.2, 0) is 21.9 Å². The zero-order valence-electron chi connectivity index (χ0n) is 18.4. The maximum atomic E-state index is 13.1. The Hall–Kier alpha value is -3.12. The number of carbonyl (C=O) groups excluding carboxylic acids is 1. The second-order valence-electron chi connectivity index (χ2n) is 8.53. The Bertz CT molecular complexity index is 1170. The van der Waals surface area contributed by atoms with Gasteiger partial charge in [-0.05, 0) is 54.7 Å². The maximum absolute atomic E-state index is 13.1. The van der Waals surface area contributed by atoms with E-state index in [4.69, 9.17) is 0 Å². The Balaban J connectivity index is 1.58. The zero-order chi connectivity index (χ0) is 22.8. The first-order chi connectivity index (χ1) is 15.3. The molecule has 0 saturated heterocycles. The number of hydrogen-bond donors (Lipinski definition) is 1. The number of nitrogens with one attached hydrogen (secondary N) is 1. The number of aryl methyl sites for hydroxylation is 1. The fraction of sp³-hybridized carbons (Fsp3) is 0.269. The molecular formula is C26H28N2O3S. The summed E-state index contributed by atoms with van der Waals surface area (Å²) in [6.45, 7) is 3.05. The summed E-state index contributed by atoms with van der Waals surface area (Å²) in [6, 6.07) is 25.6. The molecule has 3 aromatic carbocycles. The molecule has 32 heavy (non-hydrogen) atoms. The summed E-state index contributed by atoms with van der Waals surface area (Å²) in [5, 5.41) is 3.11. The molecule has 6 heteroatoms. The van der Waals surface area contributed by atoms with Crippen molar-refractivity contribution in [2.45, 2.75) is 25.2 Å². The summed E-state index contributed by atoms with van der Waals surface area (Å²) in [4.78, 5) is 13.1. The van der Waals surface area contributed by atoms with E-state index in [1.165, 1.54) is 10.6 Å². The number of carbonyl (C=O) groups is 1. The van der Waals surface area contributed by atoms with Crippen LogP contribution in [0.2, 0.25) is 0 Å². The molecule has 1 aliphatic rings. The molecule has 166 valence electrons. The van der Waals surface area contributed by atoms with Crippen LogP contribution in [-0.4, -0.2) is 33.7 Å². The van der Waals surface area contributed by atoms with Crippen LogP contribution < -0.4 is 9.62 Å². The first-order valence-corrected chi connectivity index (χ1v) is 12.6. The lowest BCUT2D eigenvalue weighted by Gasteiger charge is -2.32. The van der Waals surface area contributed by atoms with Crippen LogP contribution in [0.15, 0.2) is 78.9 Å². The number of anilines is 1. The predicted molar refractivity (Wildman–Crippen MR) is 129 cm³/mol. The average molecular weight is 449 g/mol. The van der Waals surface area contributed by atoms with Crippen molar-refractivity contribution >= 4 is 21.6 Å². The van der Waals surface area contributed by atoms with E-state index in [1.807, 2.05) is 42.5 Å². The average Bonchev–Trinajstić information content (AvgIpc) is 2.82.